The maximum Gasteiger partial charge on any atom is 0.199 e. The van der Waals surface area contributed by atoms with Gasteiger partial charge < -0.3 is 5.73 Å². The van der Waals surface area contributed by atoms with Gasteiger partial charge in [-0.2, -0.15) is 4.37 Å². The van der Waals surface area contributed by atoms with E-state index in [4.69, 9.17) is 5.73 Å². The normalized spacial score (nSPS) is 10.5. The highest BCUT2D eigenvalue weighted by atomic mass is 32.2. The first-order valence-corrected chi connectivity index (χ1v) is 6.28. The molecule has 0 aliphatic carbocycles. The van der Waals surface area contributed by atoms with Crippen molar-refractivity contribution in [2.45, 2.75) is 17.6 Å². The summed E-state index contributed by atoms with van der Waals surface area (Å²) in [5.41, 5.74) is 6.80. The van der Waals surface area contributed by atoms with Gasteiger partial charge in [-0.05, 0) is 18.6 Å². The second-order valence-electron chi connectivity index (χ2n) is 3.10. The number of hydrogen-bond acceptors (Lipinski definition) is 5. The number of nitrogen functional groups attached to an aromatic ring is 1. The van der Waals surface area contributed by atoms with Crippen molar-refractivity contribution in [3.05, 3.63) is 35.7 Å². The van der Waals surface area contributed by atoms with Crippen molar-refractivity contribution in [2.24, 2.45) is 0 Å². The minimum absolute atomic E-state index is 0.537. The first kappa shape index (κ1) is 10.4. The molecule has 15 heavy (non-hydrogen) atoms. The first-order valence-electron chi connectivity index (χ1n) is 4.52. The highest BCUT2D eigenvalue weighted by Crippen LogP contribution is 2.25. The molecule has 0 saturated carbocycles. The van der Waals surface area contributed by atoms with Crippen LogP contribution in [0.25, 0.3) is 0 Å². The number of hydrogen-bond donors (Lipinski definition) is 1. The highest BCUT2D eigenvalue weighted by molar-refractivity contribution is 7.98. The van der Waals surface area contributed by atoms with Crippen molar-refractivity contribution in [1.82, 2.24) is 9.36 Å². The van der Waals surface area contributed by atoms with Crippen LogP contribution in [0.15, 0.2) is 29.2 Å². The number of rotatable bonds is 3. The molecule has 0 atom stereocenters. The third kappa shape index (κ3) is 2.70. The van der Waals surface area contributed by atoms with Gasteiger partial charge in [-0.3, -0.25) is 0 Å². The fourth-order valence-electron chi connectivity index (χ4n) is 1.19. The van der Waals surface area contributed by atoms with Gasteiger partial charge in [-0.15, -0.1) is 11.8 Å². The summed E-state index contributed by atoms with van der Waals surface area (Å²) in [6, 6.07) is 8.29. The summed E-state index contributed by atoms with van der Waals surface area (Å²) in [7, 11) is 0. The molecule has 0 unspecified atom stereocenters. The fraction of sp³-hybridized carbons (Fsp3) is 0.200. The molecule has 1 aromatic carbocycles. The van der Waals surface area contributed by atoms with Crippen LogP contribution in [0.2, 0.25) is 0 Å². The predicted molar refractivity (Wildman–Crippen MR) is 65.1 cm³/mol. The molecule has 0 radical (unpaired) electrons. The summed E-state index contributed by atoms with van der Waals surface area (Å²) in [5.74, 6) is 1.59. The zero-order valence-corrected chi connectivity index (χ0v) is 9.94. The molecular formula is C10H11N3S2. The lowest BCUT2D eigenvalue weighted by Crippen LogP contribution is -1.87. The average molecular weight is 237 g/mol. The van der Waals surface area contributed by atoms with Crippen LogP contribution < -0.4 is 5.73 Å². The summed E-state index contributed by atoms with van der Waals surface area (Å²) >= 11 is 2.99. The Bertz CT molecular complexity index is 453. The van der Waals surface area contributed by atoms with Crippen molar-refractivity contribution in [3.8, 4) is 0 Å². The van der Waals surface area contributed by atoms with Gasteiger partial charge in [0.2, 0.25) is 0 Å². The van der Waals surface area contributed by atoms with E-state index in [1.54, 1.807) is 11.8 Å². The molecule has 0 spiro atoms. The molecule has 0 bridgehead atoms. The lowest BCUT2D eigenvalue weighted by Gasteiger charge is -2.02. The second kappa shape index (κ2) is 4.63. The molecule has 0 amide bonds. The van der Waals surface area contributed by atoms with E-state index in [2.05, 4.69) is 28.4 Å². The topological polar surface area (TPSA) is 51.8 Å². The standard InChI is InChI=1S/C10H11N3S2/c1-7-4-2-3-5-8(7)14-6-9-12-10(11)15-13-9/h2-5H,6H2,1H3,(H2,11,12,13). The Balaban J connectivity index is 2.02. The summed E-state index contributed by atoms with van der Waals surface area (Å²) in [5, 5.41) is 0.537. The Morgan fingerprint density at radius 1 is 1.40 bits per heavy atom. The van der Waals surface area contributed by atoms with Crippen LogP contribution in [0.3, 0.4) is 0 Å². The molecule has 2 aromatic rings. The Labute approximate surface area is 96.9 Å². The van der Waals surface area contributed by atoms with Gasteiger partial charge in [0.05, 0.1) is 5.75 Å². The molecule has 78 valence electrons. The molecule has 2 N–H and O–H groups in total. The fourth-order valence-corrected chi connectivity index (χ4v) is 2.60. The number of nitrogens with two attached hydrogens (primary N) is 1. The van der Waals surface area contributed by atoms with Crippen molar-refractivity contribution < 1.29 is 0 Å². The minimum Gasteiger partial charge on any atom is -0.374 e. The predicted octanol–water partition coefficient (Wildman–Crippen LogP) is 2.72. The number of benzene rings is 1. The van der Waals surface area contributed by atoms with Gasteiger partial charge in [0, 0.05) is 16.4 Å². The average Bonchev–Trinajstić information content (AvgIpc) is 2.63. The molecular weight excluding hydrogens is 226 g/mol. The van der Waals surface area contributed by atoms with Gasteiger partial charge in [0.25, 0.3) is 0 Å². The quantitative estimate of drug-likeness (QED) is 0.834. The molecule has 0 saturated heterocycles. The van der Waals surface area contributed by atoms with Gasteiger partial charge in [-0.1, -0.05) is 18.2 Å². The van der Waals surface area contributed by atoms with E-state index in [1.165, 1.54) is 22.0 Å². The maximum atomic E-state index is 5.51. The Hall–Kier alpha value is -1.07. The Kier molecular flexibility index (Phi) is 3.23. The molecule has 0 aliphatic heterocycles. The van der Waals surface area contributed by atoms with Gasteiger partial charge in [0.1, 0.15) is 0 Å². The first-order chi connectivity index (χ1) is 7.25. The van der Waals surface area contributed by atoms with E-state index in [9.17, 15) is 0 Å². The van der Waals surface area contributed by atoms with Crippen LogP contribution >= 0.6 is 23.3 Å². The summed E-state index contributed by atoms with van der Waals surface area (Å²) in [4.78, 5) is 5.39. The monoisotopic (exact) mass is 237 g/mol. The number of anilines is 1. The van der Waals surface area contributed by atoms with Crippen LogP contribution in [0.5, 0.6) is 0 Å². The second-order valence-corrected chi connectivity index (χ2v) is 4.90. The summed E-state index contributed by atoms with van der Waals surface area (Å²) < 4.78 is 4.15. The maximum absolute atomic E-state index is 5.51. The lowest BCUT2D eigenvalue weighted by molar-refractivity contribution is 1.14. The van der Waals surface area contributed by atoms with Crippen molar-refractivity contribution in [2.75, 3.05) is 5.73 Å². The third-order valence-electron chi connectivity index (χ3n) is 1.93. The van der Waals surface area contributed by atoms with E-state index in [1.807, 2.05) is 12.1 Å². The molecule has 1 heterocycles. The molecule has 1 aromatic heterocycles. The number of nitrogens with zero attached hydrogens (tertiary/aromatic N) is 2. The van der Waals surface area contributed by atoms with Crippen LogP contribution in [-0.2, 0) is 5.75 Å². The highest BCUT2D eigenvalue weighted by Gasteiger charge is 2.03. The van der Waals surface area contributed by atoms with E-state index < -0.39 is 0 Å². The molecule has 5 heteroatoms. The summed E-state index contributed by atoms with van der Waals surface area (Å²) in [6.07, 6.45) is 0. The van der Waals surface area contributed by atoms with E-state index in [0.29, 0.717) is 5.13 Å². The minimum atomic E-state index is 0.537. The van der Waals surface area contributed by atoms with Gasteiger partial charge in [-0.25, -0.2) is 4.98 Å². The molecule has 0 aliphatic rings. The molecule has 3 nitrogen and oxygen atoms in total. The largest absolute Gasteiger partial charge is 0.374 e. The lowest BCUT2D eigenvalue weighted by atomic mass is 10.2. The number of thioether (sulfide) groups is 1. The van der Waals surface area contributed by atoms with Gasteiger partial charge in [0.15, 0.2) is 11.0 Å². The third-order valence-corrected chi connectivity index (χ3v) is 3.69. The molecule has 2 rings (SSSR count). The van der Waals surface area contributed by atoms with E-state index in [0.717, 1.165) is 11.6 Å². The van der Waals surface area contributed by atoms with E-state index >= 15 is 0 Å². The zero-order chi connectivity index (χ0) is 10.7. The SMILES string of the molecule is Cc1ccccc1SCc1nsc(N)n1. The van der Waals surface area contributed by atoms with Crippen LogP contribution in [-0.4, -0.2) is 9.36 Å². The smallest absolute Gasteiger partial charge is 0.199 e. The van der Waals surface area contributed by atoms with Crippen LogP contribution in [0, 0.1) is 6.92 Å². The van der Waals surface area contributed by atoms with Crippen molar-refractivity contribution in [3.63, 3.8) is 0 Å². The van der Waals surface area contributed by atoms with Crippen molar-refractivity contribution >= 4 is 28.4 Å². The van der Waals surface area contributed by atoms with Crippen LogP contribution in [0.1, 0.15) is 11.4 Å². The van der Waals surface area contributed by atoms with Crippen molar-refractivity contribution in [1.29, 1.82) is 0 Å². The Morgan fingerprint density at radius 3 is 2.87 bits per heavy atom. The zero-order valence-electron chi connectivity index (χ0n) is 8.30. The Morgan fingerprint density at radius 2 is 2.20 bits per heavy atom. The summed E-state index contributed by atoms with van der Waals surface area (Å²) in [6.45, 7) is 2.10. The number of aryl methyl sites for hydroxylation is 1. The van der Waals surface area contributed by atoms with Crippen LogP contribution in [0.4, 0.5) is 5.13 Å². The molecule has 0 fully saturated rings. The van der Waals surface area contributed by atoms with Gasteiger partial charge >= 0.3 is 0 Å². The number of aromatic nitrogens is 2. The van der Waals surface area contributed by atoms with E-state index in [-0.39, 0.29) is 0 Å².